The van der Waals surface area contributed by atoms with Crippen LogP contribution in [0.5, 0.6) is 5.75 Å². The van der Waals surface area contributed by atoms with Crippen molar-refractivity contribution < 1.29 is 14.7 Å². The van der Waals surface area contributed by atoms with Gasteiger partial charge in [-0.05, 0) is 44.7 Å². The SMILES string of the molecule is CC(C)(NC(=O)COc1ccccc1/C(N)=N/O)C1CC1. The first-order chi connectivity index (χ1) is 9.94. The van der Waals surface area contributed by atoms with E-state index in [2.05, 4.69) is 10.5 Å². The van der Waals surface area contributed by atoms with Crippen LogP contribution in [0, 0.1) is 5.92 Å². The number of amides is 1. The fourth-order valence-corrected chi connectivity index (χ4v) is 2.30. The summed E-state index contributed by atoms with van der Waals surface area (Å²) in [7, 11) is 0. The van der Waals surface area contributed by atoms with Crippen LogP contribution in [0.3, 0.4) is 0 Å². The van der Waals surface area contributed by atoms with Gasteiger partial charge in [0.25, 0.3) is 5.91 Å². The molecule has 1 fully saturated rings. The molecular weight excluding hydrogens is 270 g/mol. The Morgan fingerprint density at radius 1 is 1.48 bits per heavy atom. The molecule has 6 heteroatoms. The van der Waals surface area contributed by atoms with Gasteiger partial charge in [-0.1, -0.05) is 17.3 Å². The largest absolute Gasteiger partial charge is 0.483 e. The number of para-hydroxylation sites is 1. The minimum Gasteiger partial charge on any atom is -0.483 e. The van der Waals surface area contributed by atoms with E-state index in [0.717, 1.165) is 12.8 Å². The fraction of sp³-hybridized carbons (Fsp3) is 0.467. The molecule has 0 heterocycles. The molecule has 4 N–H and O–H groups in total. The lowest BCUT2D eigenvalue weighted by molar-refractivity contribution is -0.124. The Morgan fingerprint density at radius 2 is 2.14 bits per heavy atom. The molecule has 1 aliphatic carbocycles. The maximum atomic E-state index is 12.0. The molecule has 114 valence electrons. The first-order valence-corrected chi connectivity index (χ1v) is 6.95. The van der Waals surface area contributed by atoms with Crippen LogP contribution in [0.4, 0.5) is 0 Å². The zero-order valence-corrected chi connectivity index (χ0v) is 12.3. The van der Waals surface area contributed by atoms with E-state index in [4.69, 9.17) is 15.7 Å². The van der Waals surface area contributed by atoms with Crippen molar-refractivity contribution in [3.05, 3.63) is 29.8 Å². The smallest absolute Gasteiger partial charge is 0.258 e. The topological polar surface area (TPSA) is 96.9 Å². The normalized spacial score (nSPS) is 15.6. The highest BCUT2D eigenvalue weighted by Crippen LogP contribution is 2.39. The minimum absolute atomic E-state index is 0.0516. The van der Waals surface area contributed by atoms with Crippen molar-refractivity contribution in [1.82, 2.24) is 5.32 Å². The van der Waals surface area contributed by atoms with E-state index in [1.807, 2.05) is 13.8 Å². The van der Waals surface area contributed by atoms with Gasteiger partial charge in [-0.15, -0.1) is 0 Å². The maximum absolute atomic E-state index is 12.0. The van der Waals surface area contributed by atoms with Crippen LogP contribution in [-0.2, 0) is 4.79 Å². The zero-order chi connectivity index (χ0) is 15.5. The number of carbonyl (C=O) groups is 1. The number of ether oxygens (including phenoxy) is 1. The summed E-state index contributed by atoms with van der Waals surface area (Å²) in [5.74, 6) is 0.726. The van der Waals surface area contributed by atoms with E-state index in [1.54, 1.807) is 24.3 Å². The van der Waals surface area contributed by atoms with Crippen molar-refractivity contribution >= 4 is 11.7 Å². The Labute approximate surface area is 124 Å². The number of carbonyl (C=O) groups excluding carboxylic acids is 1. The third-order valence-electron chi connectivity index (χ3n) is 3.69. The van der Waals surface area contributed by atoms with Crippen molar-refractivity contribution in [3.8, 4) is 5.75 Å². The van der Waals surface area contributed by atoms with Gasteiger partial charge in [-0.25, -0.2) is 0 Å². The van der Waals surface area contributed by atoms with Crippen LogP contribution in [-0.4, -0.2) is 29.1 Å². The summed E-state index contributed by atoms with van der Waals surface area (Å²) in [6.07, 6.45) is 2.31. The van der Waals surface area contributed by atoms with E-state index >= 15 is 0 Å². The van der Waals surface area contributed by atoms with Crippen molar-refractivity contribution in [2.24, 2.45) is 16.8 Å². The molecule has 0 radical (unpaired) electrons. The second-order valence-corrected chi connectivity index (χ2v) is 5.81. The third-order valence-corrected chi connectivity index (χ3v) is 3.69. The second kappa shape index (κ2) is 6.03. The number of hydrogen-bond donors (Lipinski definition) is 3. The summed E-state index contributed by atoms with van der Waals surface area (Å²) in [6, 6.07) is 6.84. The van der Waals surface area contributed by atoms with Crippen LogP contribution < -0.4 is 15.8 Å². The third kappa shape index (κ3) is 3.87. The number of nitrogens with one attached hydrogen (secondary N) is 1. The number of nitrogens with zero attached hydrogens (tertiary/aromatic N) is 1. The summed E-state index contributed by atoms with van der Waals surface area (Å²) in [5.41, 5.74) is 5.82. The molecule has 0 spiro atoms. The maximum Gasteiger partial charge on any atom is 0.258 e. The zero-order valence-electron chi connectivity index (χ0n) is 12.3. The lowest BCUT2D eigenvalue weighted by Crippen LogP contribution is -2.47. The van der Waals surface area contributed by atoms with Crippen molar-refractivity contribution in [2.75, 3.05) is 6.61 Å². The quantitative estimate of drug-likeness (QED) is 0.320. The summed E-state index contributed by atoms with van der Waals surface area (Å²) in [5, 5.41) is 14.7. The van der Waals surface area contributed by atoms with Crippen molar-refractivity contribution in [1.29, 1.82) is 0 Å². The van der Waals surface area contributed by atoms with Crippen LogP contribution in [0.15, 0.2) is 29.4 Å². The Kier molecular flexibility index (Phi) is 4.35. The Morgan fingerprint density at radius 3 is 2.76 bits per heavy atom. The van der Waals surface area contributed by atoms with E-state index in [1.165, 1.54) is 0 Å². The summed E-state index contributed by atoms with van der Waals surface area (Å²) >= 11 is 0. The Balaban J connectivity index is 1.95. The lowest BCUT2D eigenvalue weighted by atomic mass is 9.99. The highest BCUT2D eigenvalue weighted by molar-refractivity contribution is 5.99. The van der Waals surface area contributed by atoms with Crippen LogP contribution in [0.1, 0.15) is 32.3 Å². The molecule has 6 nitrogen and oxygen atoms in total. The monoisotopic (exact) mass is 291 g/mol. The van der Waals surface area contributed by atoms with Gasteiger partial charge in [0, 0.05) is 5.54 Å². The van der Waals surface area contributed by atoms with Gasteiger partial charge in [-0.2, -0.15) is 0 Å². The summed E-state index contributed by atoms with van der Waals surface area (Å²) < 4.78 is 5.48. The van der Waals surface area contributed by atoms with Crippen molar-refractivity contribution in [2.45, 2.75) is 32.2 Å². The first kappa shape index (κ1) is 15.2. The molecule has 0 saturated heterocycles. The minimum atomic E-state index is -0.203. The molecule has 0 aromatic heterocycles. The molecule has 0 unspecified atom stereocenters. The van der Waals surface area contributed by atoms with Crippen LogP contribution in [0.25, 0.3) is 0 Å². The predicted molar refractivity (Wildman–Crippen MR) is 79.4 cm³/mol. The lowest BCUT2D eigenvalue weighted by Gasteiger charge is -2.26. The molecule has 0 bridgehead atoms. The number of amidine groups is 1. The Hall–Kier alpha value is -2.24. The van der Waals surface area contributed by atoms with E-state index in [9.17, 15) is 4.79 Å². The average Bonchev–Trinajstić information content (AvgIpc) is 3.29. The summed E-state index contributed by atoms with van der Waals surface area (Å²) in [4.78, 5) is 12.0. The predicted octanol–water partition coefficient (Wildman–Crippen LogP) is 1.46. The number of oxime groups is 1. The van der Waals surface area contributed by atoms with E-state index < -0.39 is 0 Å². The molecule has 1 saturated carbocycles. The van der Waals surface area contributed by atoms with Crippen LogP contribution in [0.2, 0.25) is 0 Å². The van der Waals surface area contributed by atoms with Crippen molar-refractivity contribution in [3.63, 3.8) is 0 Å². The van der Waals surface area contributed by atoms with Gasteiger partial charge >= 0.3 is 0 Å². The van der Waals surface area contributed by atoms with Gasteiger partial charge in [0.2, 0.25) is 0 Å². The van der Waals surface area contributed by atoms with E-state index in [-0.39, 0.29) is 23.9 Å². The van der Waals surface area contributed by atoms with Crippen LogP contribution >= 0.6 is 0 Å². The standard InChI is InChI=1S/C15H21N3O3/c1-15(2,10-7-8-10)17-13(19)9-21-12-6-4-3-5-11(12)14(16)18-20/h3-6,10,20H,7-9H2,1-2H3,(H2,16,18)(H,17,19). The number of rotatable bonds is 6. The highest BCUT2D eigenvalue weighted by atomic mass is 16.5. The molecule has 1 aromatic carbocycles. The molecule has 1 aromatic rings. The summed E-state index contributed by atoms with van der Waals surface area (Å²) in [6.45, 7) is 3.94. The average molecular weight is 291 g/mol. The molecule has 0 atom stereocenters. The molecular formula is C15H21N3O3. The van der Waals surface area contributed by atoms with Gasteiger partial charge in [-0.3, -0.25) is 4.79 Å². The number of nitrogens with two attached hydrogens (primary N) is 1. The molecule has 21 heavy (non-hydrogen) atoms. The Bertz CT molecular complexity index is 551. The second-order valence-electron chi connectivity index (χ2n) is 5.81. The van der Waals surface area contributed by atoms with Gasteiger partial charge in [0.15, 0.2) is 12.4 Å². The van der Waals surface area contributed by atoms with Gasteiger partial charge in [0.1, 0.15) is 5.75 Å². The molecule has 0 aliphatic heterocycles. The fourth-order valence-electron chi connectivity index (χ4n) is 2.30. The first-order valence-electron chi connectivity index (χ1n) is 6.95. The highest BCUT2D eigenvalue weighted by Gasteiger charge is 2.38. The molecule has 2 rings (SSSR count). The number of hydrogen-bond acceptors (Lipinski definition) is 4. The van der Waals surface area contributed by atoms with Gasteiger partial charge in [0.05, 0.1) is 5.56 Å². The molecule has 1 aliphatic rings. The molecule has 1 amide bonds. The van der Waals surface area contributed by atoms with E-state index in [0.29, 0.717) is 17.2 Å². The number of benzene rings is 1. The van der Waals surface area contributed by atoms with Gasteiger partial charge < -0.3 is 21.0 Å².